The molecule has 0 unspecified atom stereocenters. The summed E-state index contributed by atoms with van der Waals surface area (Å²) in [7, 11) is -2.90. The number of rotatable bonds is 7. The van der Waals surface area contributed by atoms with Gasteiger partial charge in [-0.25, -0.2) is 13.4 Å². The van der Waals surface area contributed by atoms with Gasteiger partial charge < -0.3 is 14.2 Å². The summed E-state index contributed by atoms with van der Waals surface area (Å²) >= 11 is 0. The predicted molar refractivity (Wildman–Crippen MR) is 137 cm³/mol. The molecule has 2 aromatic carbocycles. The maximum absolute atomic E-state index is 12.5. The molecule has 0 bridgehead atoms. The maximum atomic E-state index is 12.5. The number of halogens is 3. The van der Waals surface area contributed by atoms with Crippen LogP contribution in [-0.4, -0.2) is 60.4 Å². The monoisotopic (exact) mass is 529 g/mol. The van der Waals surface area contributed by atoms with Gasteiger partial charge in [-0.15, -0.1) is 13.2 Å². The normalized spacial score (nSPS) is 16.2. The number of aryl methyl sites for hydroxylation is 1. The van der Waals surface area contributed by atoms with E-state index in [-0.39, 0.29) is 17.3 Å². The zero-order chi connectivity index (χ0) is 26.0. The van der Waals surface area contributed by atoms with Gasteiger partial charge in [0.15, 0.2) is 9.84 Å². The SMILES string of the molecule is O=S1(=O)CCN(CCCc2cn(-c3ccccc3)c3nc(-c4ccc(OC(F)(F)F)cc4)ccc23)CC1. The van der Waals surface area contributed by atoms with E-state index in [0.29, 0.717) is 24.3 Å². The second kappa shape index (κ2) is 10.2. The minimum absolute atomic E-state index is 0.219. The van der Waals surface area contributed by atoms with Gasteiger partial charge in [0.2, 0.25) is 0 Å². The molecule has 0 N–H and O–H groups in total. The summed E-state index contributed by atoms with van der Waals surface area (Å²) in [6.07, 6.45) is -0.963. The number of benzene rings is 2. The molecule has 0 spiro atoms. The van der Waals surface area contributed by atoms with Crippen molar-refractivity contribution in [3.63, 3.8) is 0 Å². The van der Waals surface area contributed by atoms with Crippen molar-refractivity contribution in [1.82, 2.24) is 14.5 Å². The summed E-state index contributed by atoms with van der Waals surface area (Å²) in [5, 5.41) is 1.01. The van der Waals surface area contributed by atoms with Crippen molar-refractivity contribution in [1.29, 1.82) is 0 Å². The molecule has 3 heterocycles. The molecule has 1 saturated heterocycles. The fourth-order valence-corrected chi connectivity index (χ4v) is 5.89. The van der Waals surface area contributed by atoms with Crippen molar-refractivity contribution in [3.05, 3.63) is 78.5 Å². The molecule has 0 saturated carbocycles. The minimum Gasteiger partial charge on any atom is -0.406 e. The van der Waals surface area contributed by atoms with Crippen LogP contribution in [0.2, 0.25) is 0 Å². The second-order valence-corrected chi connectivity index (χ2v) is 11.4. The molecule has 2 aromatic heterocycles. The lowest BCUT2D eigenvalue weighted by Gasteiger charge is -2.26. The Labute approximate surface area is 213 Å². The van der Waals surface area contributed by atoms with E-state index in [1.165, 1.54) is 12.1 Å². The number of aromatic nitrogens is 2. The van der Waals surface area contributed by atoms with E-state index in [0.717, 1.165) is 41.7 Å². The lowest BCUT2D eigenvalue weighted by atomic mass is 10.1. The van der Waals surface area contributed by atoms with Gasteiger partial charge >= 0.3 is 6.36 Å². The molecule has 1 aliphatic heterocycles. The molecule has 0 radical (unpaired) electrons. The Hall–Kier alpha value is -3.37. The van der Waals surface area contributed by atoms with Gasteiger partial charge in [-0.1, -0.05) is 18.2 Å². The average Bonchev–Trinajstić information content (AvgIpc) is 3.23. The summed E-state index contributed by atoms with van der Waals surface area (Å²) < 4.78 is 66.9. The lowest BCUT2D eigenvalue weighted by Crippen LogP contribution is -2.40. The van der Waals surface area contributed by atoms with Crippen molar-refractivity contribution in [2.24, 2.45) is 0 Å². The Morgan fingerprint density at radius 1 is 0.919 bits per heavy atom. The smallest absolute Gasteiger partial charge is 0.406 e. The Morgan fingerprint density at radius 3 is 2.30 bits per heavy atom. The van der Waals surface area contributed by atoms with E-state index in [9.17, 15) is 21.6 Å². The van der Waals surface area contributed by atoms with Crippen LogP contribution in [-0.2, 0) is 16.3 Å². The standard InChI is InChI=1S/C27H26F3N3O3S/c28-27(29,30)36-23-10-8-20(9-11-23)25-13-12-24-21(5-4-14-32-15-17-37(34,35)18-16-32)19-33(26(24)31-25)22-6-2-1-3-7-22/h1-3,6-13,19H,4-5,14-18H2. The van der Waals surface area contributed by atoms with Crippen molar-refractivity contribution in [3.8, 4) is 22.7 Å². The zero-order valence-electron chi connectivity index (χ0n) is 20.0. The molecule has 1 fully saturated rings. The molecule has 0 atom stereocenters. The van der Waals surface area contributed by atoms with Crippen molar-refractivity contribution < 1.29 is 26.3 Å². The number of nitrogens with zero attached hydrogens (tertiary/aromatic N) is 3. The highest BCUT2D eigenvalue weighted by atomic mass is 32.2. The fourth-order valence-electron chi connectivity index (χ4n) is 4.61. The number of sulfone groups is 1. The molecule has 37 heavy (non-hydrogen) atoms. The third kappa shape index (κ3) is 6.14. The van der Waals surface area contributed by atoms with E-state index in [1.54, 1.807) is 12.1 Å². The first-order valence-electron chi connectivity index (χ1n) is 12.0. The van der Waals surface area contributed by atoms with Crippen molar-refractivity contribution in [2.75, 3.05) is 31.1 Å². The van der Waals surface area contributed by atoms with Crippen LogP contribution >= 0.6 is 0 Å². The molecule has 0 aliphatic carbocycles. The van der Waals surface area contributed by atoms with Crippen LogP contribution in [0.4, 0.5) is 13.2 Å². The summed E-state index contributed by atoms with van der Waals surface area (Å²) in [6, 6.07) is 19.4. The van der Waals surface area contributed by atoms with Crippen LogP contribution in [0.5, 0.6) is 5.75 Å². The number of pyridine rings is 1. The quantitative estimate of drug-likeness (QED) is 0.327. The van der Waals surface area contributed by atoms with Gasteiger partial charge in [0, 0.05) is 35.9 Å². The van der Waals surface area contributed by atoms with Gasteiger partial charge in [0.05, 0.1) is 17.2 Å². The fraction of sp³-hybridized carbons (Fsp3) is 0.296. The molecule has 0 amide bonds. The van der Waals surface area contributed by atoms with Crippen LogP contribution < -0.4 is 4.74 Å². The summed E-state index contributed by atoms with van der Waals surface area (Å²) in [5.74, 6) is 0.158. The van der Waals surface area contributed by atoms with Gasteiger partial charge in [-0.05, 0) is 73.5 Å². The Balaban J connectivity index is 1.40. The third-order valence-corrected chi connectivity index (χ3v) is 8.12. The van der Waals surface area contributed by atoms with Crippen LogP contribution in [0.15, 0.2) is 72.9 Å². The molecular formula is C27H26F3N3O3S. The number of ether oxygens (including phenoxy) is 1. The van der Waals surface area contributed by atoms with Crippen LogP contribution in [0.3, 0.4) is 0 Å². The lowest BCUT2D eigenvalue weighted by molar-refractivity contribution is -0.274. The Bertz CT molecular complexity index is 1470. The van der Waals surface area contributed by atoms with E-state index in [2.05, 4.69) is 15.8 Å². The summed E-state index contributed by atoms with van der Waals surface area (Å²) in [5.41, 5.74) is 4.18. The second-order valence-electron chi connectivity index (χ2n) is 9.10. The number of hydrogen-bond acceptors (Lipinski definition) is 5. The Morgan fingerprint density at radius 2 is 1.62 bits per heavy atom. The van der Waals surface area contributed by atoms with Gasteiger partial charge in [0.25, 0.3) is 0 Å². The molecule has 1 aliphatic rings. The number of para-hydroxylation sites is 1. The maximum Gasteiger partial charge on any atom is 0.573 e. The highest BCUT2D eigenvalue weighted by Gasteiger charge is 2.31. The average molecular weight is 530 g/mol. The highest BCUT2D eigenvalue weighted by Crippen LogP contribution is 2.30. The molecule has 194 valence electrons. The molecule has 6 nitrogen and oxygen atoms in total. The number of alkyl halides is 3. The Kier molecular flexibility index (Phi) is 6.96. The first kappa shape index (κ1) is 25.3. The van der Waals surface area contributed by atoms with E-state index in [1.807, 2.05) is 47.0 Å². The number of fused-ring (bicyclic) bond motifs is 1. The predicted octanol–water partition coefficient (Wildman–Crippen LogP) is 5.25. The first-order valence-corrected chi connectivity index (χ1v) is 13.8. The van der Waals surface area contributed by atoms with Crippen molar-refractivity contribution in [2.45, 2.75) is 19.2 Å². The van der Waals surface area contributed by atoms with Gasteiger partial charge in [-0.3, -0.25) is 0 Å². The largest absolute Gasteiger partial charge is 0.573 e. The van der Waals surface area contributed by atoms with Crippen molar-refractivity contribution >= 4 is 20.9 Å². The van der Waals surface area contributed by atoms with E-state index < -0.39 is 16.2 Å². The molecular weight excluding hydrogens is 503 g/mol. The molecule has 10 heteroatoms. The van der Waals surface area contributed by atoms with Crippen LogP contribution in [0.1, 0.15) is 12.0 Å². The highest BCUT2D eigenvalue weighted by molar-refractivity contribution is 7.91. The molecule has 5 rings (SSSR count). The minimum atomic E-state index is -4.74. The number of hydrogen-bond donors (Lipinski definition) is 0. The van der Waals surface area contributed by atoms with Crippen LogP contribution in [0, 0.1) is 0 Å². The summed E-state index contributed by atoms with van der Waals surface area (Å²) in [6.45, 7) is 1.98. The van der Waals surface area contributed by atoms with E-state index >= 15 is 0 Å². The third-order valence-electron chi connectivity index (χ3n) is 6.51. The first-order chi connectivity index (χ1) is 17.7. The van der Waals surface area contributed by atoms with Gasteiger partial charge in [-0.2, -0.15) is 0 Å². The topological polar surface area (TPSA) is 64.4 Å². The van der Waals surface area contributed by atoms with E-state index in [4.69, 9.17) is 4.98 Å². The molecule has 4 aromatic rings. The summed E-state index contributed by atoms with van der Waals surface area (Å²) in [4.78, 5) is 7.08. The van der Waals surface area contributed by atoms with Gasteiger partial charge in [0.1, 0.15) is 11.4 Å². The van der Waals surface area contributed by atoms with Crippen LogP contribution in [0.25, 0.3) is 28.0 Å². The zero-order valence-corrected chi connectivity index (χ0v) is 20.8.